The lowest BCUT2D eigenvalue weighted by Gasteiger charge is -2.36. The van der Waals surface area contributed by atoms with Crippen LogP contribution in [0.5, 0.6) is 0 Å². The molecule has 0 aromatic carbocycles. The smallest absolute Gasteiger partial charge is 0.111 e. The van der Waals surface area contributed by atoms with Gasteiger partial charge in [0.25, 0.3) is 0 Å². The summed E-state index contributed by atoms with van der Waals surface area (Å²) in [6.07, 6.45) is 1.62. The van der Waals surface area contributed by atoms with Crippen LogP contribution in [0.25, 0.3) is 0 Å². The van der Waals surface area contributed by atoms with E-state index in [0.717, 1.165) is 6.42 Å². The summed E-state index contributed by atoms with van der Waals surface area (Å²) in [7, 11) is 0. The molecule has 0 saturated carbocycles. The predicted molar refractivity (Wildman–Crippen MR) is 57.6 cm³/mol. The average Bonchev–Trinajstić information content (AvgIpc) is 1.82. The molecule has 0 bridgehead atoms. The van der Waals surface area contributed by atoms with Gasteiger partial charge in [0.1, 0.15) is 5.67 Å². The molecule has 1 atom stereocenters. The Morgan fingerprint density at radius 3 is 1.69 bits per heavy atom. The summed E-state index contributed by atoms with van der Waals surface area (Å²) in [6, 6.07) is 0. The van der Waals surface area contributed by atoms with Crippen molar-refractivity contribution in [1.29, 1.82) is 0 Å². The highest BCUT2D eigenvalue weighted by Gasteiger charge is 2.37. The van der Waals surface area contributed by atoms with Crippen molar-refractivity contribution in [1.82, 2.24) is 0 Å². The molecule has 0 N–H and O–H groups in total. The largest absolute Gasteiger partial charge is 0.244 e. The van der Waals surface area contributed by atoms with Gasteiger partial charge in [0.15, 0.2) is 0 Å². The van der Waals surface area contributed by atoms with Crippen molar-refractivity contribution in [2.45, 2.75) is 60.1 Å². The Kier molecular flexibility index (Phi) is 4.95. The molecule has 0 heterocycles. The van der Waals surface area contributed by atoms with Crippen LogP contribution in [0.4, 0.5) is 4.39 Å². The van der Waals surface area contributed by atoms with Crippen LogP contribution in [-0.2, 0) is 0 Å². The van der Waals surface area contributed by atoms with Gasteiger partial charge in [0.2, 0.25) is 0 Å². The van der Waals surface area contributed by atoms with Crippen LogP contribution in [-0.4, -0.2) is 5.67 Å². The fourth-order valence-corrected chi connectivity index (χ4v) is 2.82. The van der Waals surface area contributed by atoms with Gasteiger partial charge in [-0.3, -0.25) is 0 Å². The molecule has 0 saturated heterocycles. The molecule has 0 aromatic rings. The fraction of sp³-hybridized carbons (Fsp3) is 1.00. The van der Waals surface area contributed by atoms with Crippen LogP contribution in [0.1, 0.15) is 54.4 Å². The van der Waals surface area contributed by atoms with Crippen LogP contribution >= 0.6 is 0 Å². The lowest BCUT2D eigenvalue weighted by Crippen LogP contribution is -2.37. The molecular weight excluding hydrogens is 163 g/mol. The van der Waals surface area contributed by atoms with Crippen LogP contribution in [0.15, 0.2) is 0 Å². The van der Waals surface area contributed by atoms with Crippen molar-refractivity contribution in [2.24, 2.45) is 17.8 Å². The third-order valence-corrected chi connectivity index (χ3v) is 2.87. The molecule has 0 fully saturated rings. The molecular formula is C12H25F. The number of alkyl halides is 1. The molecule has 0 rings (SSSR count). The molecule has 0 amide bonds. The van der Waals surface area contributed by atoms with Gasteiger partial charge >= 0.3 is 0 Å². The third-order valence-electron chi connectivity index (χ3n) is 2.87. The first kappa shape index (κ1) is 12.9. The number of halogens is 1. The molecule has 0 spiro atoms. The first-order chi connectivity index (χ1) is 5.83. The average molecular weight is 188 g/mol. The SMILES string of the molecule is CCCC(C)(F)C(C(C)C)C(C)C. The Hall–Kier alpha value is -0.0700. The topological polar surface area (TPSA) is 0 Å². The summed E-state index contributed by atoms with van der Waals surface area (Å²) >= 11 is 0. The molecule has 1 heteroatoms. The first-order valence-corrected chi connectivity index (χ1v) is 5.51. The zero-order chi connectivity index (χ0) is 10.6. The Morgan fingerprint density at radius 1 is 1.08 bits per heavy atom. The summed E-state index contributed by atoms with van der Waals surface area (Å²) in [5.41, 5.74) is -0.989. The van der Waals surface area contributed by atoms with Crippen LogP contribution in [0.3, 0.4) is 0 Å². The van der Waals surface area contributed by atoms with Gasteiger partial charge in [0.05, 0.1) is 0 Å². The van der Waals surface area contributed by atoms with Gasteiger partial charge in [-0.1, -0.05) is 41.0 Å². The van der Waals surface area contributed by atoms with Gasteiger partial charge in [-0.15, -0.1) is 0 Å². The maximum Gasteiger partial charge on any atom is 0.111 e. The van der Waals surface area contributed by atoms with E-state index in [2.05, 4.69) is 34.6 Å². The van der Waals surface area contributed by atoms with Crippen LogP contribution in [0.2, 0.25) is 0 Å². The second kappa shape index (κ2) is 4.97. The van der Waals surface area contributed by atoms with Crippen molar-refractivity contribution in [3.8, 4) is 0 Å². The van der Waals surface area contributed by atoms with E-state index in [1.54, 1.807) is 6.92 Å². The molecule has 0 aliphatic heterocycles. The highest BCUT2D eigenvalue weighted by atomic mass is 19.1. The Bertz CT molecular complexity index is 128. The normalized spacial score (nSPS) is 17.1. The third kappa shape index (κ3) is 3.66. The fourth-order valence-electron chi connectivity index (χ4n) is 2.82. The lowest BCUT2D eigenvalue weighted by molar-refractivity contribution is 0.0306. The maximum atomic E-state index is 14.3. The van der Waals surface area contributed by atoms with E-state index >= 15 is 0 Å². The summed E-state index contributed by atoms with van der Waals surface area (Å²) in [5.74, 6) is 1.05. The molecule has 0 nitrogen and oxygen atoms in total. The van der Waals surface area contributed by atoms with Crippen molar-refractivity contribution in [2.75, 3.05) is 0 Å². The van der Waals surface area contributed by atoms with E-state index in [0.29, 0.717) is 18.3 Å². The monoisotopic (exact) mass is 188 g/mol. The maximum absolute atomic E-state index is 14.3. The minimum Gasteiger partial charge on any atom is -0.244 e. The zero-order valence-corrected chi connectivity index (χ0v) is 10.0. The van der Waals surface area contributed by atoms with Gasteiger partial charge in [-0.05, 0) is 31.1 Å². The molecule has 0 aliphatic carbocycles. The summed E-state index contributed by atoms with van der Waals surface area (Å²) < 4.78 is 14.3. The lowest BCUT2D eigenvalue weighted by atomic mass is 9.73. The van der Waals surface area contributed by atoms with Gasteiger partial charge in [-0.2, -0.15) is 0 Å². The zero-order valence-electron chi connectivity index (χ0n) is 10.0. The minimum absolute atomic E-state index is 0.187. The second-order valence-electron chi connectivity index (χ2n) is 5.04. The number of hydrogen-bond acceptors (Lipinski definition) is 0. The number of rotatable bonds is 5. The summed E-state index contributed by atoms with van der Waals surface area (Å²) in [4.78, 5) is 0. The highest BCUT2D eigenvalue weighted by Crippen LogP contribution is 2.37. The van der Waals surface area contributed by atoms with Crippen molar-refractivity contribution < 1.29 is 4.39 Å². The molecule has 80 valence electrons. The Balaban J connectivity index is 4.52. The van der Waals surface area contributed by atoms with E-state index in [-0.39, 0.29) is 5.92 Å². The van der Waals surface area contributed by atoms with E-state index in [4.69, 9.17) is 0 Å². The van der Waals surface area contributed by atoms with Crippen molar-refractivity contribution in [3.05, 3.63) is 0 Å². The van der Waals surface area contributed by atoms with E-state index in [1.165, 1.54) is 0 Å². The van der Waals surface area contributed by atoms with Crippen LogP contribution < -0.4 is 0 Å². The predicted octanol–water partition coefficient (Wildman–Crippen LogP) is 4.44. The van der Waals surface area contributed by atoms with Gasteiger partial charge in [-0.25, -0.2) is 4.39 Å². The molecule has 1 unspecified atom stereocenters. The Morgan fingerprint density at radius 2 is 1.46 bits per heavy atom. The minimum atomic E-state index is -0.989. The van der Waals surface area contributed by atoms with Gasteiger partial charge < -0.3 is 0 Å². The summed E-state index contributed by atoms with van der Waals surface area (Å²) in [6.45, 7) is 12.3. The highest BCUT2D eigenvalue weighted by molar-refractivity contribution is 4.86. The van der Waals surface area contributed by atoms with E-state index < -0.39 is 5.67 Å². The van der Waals surface area contributed by atoms with E-state index in [1.807, 2.05) is 0 Å². The Labute approximate surface area is 82.9 Å². The quantitative estimate of drug-likeness (QED) is 0.598. The molecule has 0 aliphatic rings. The van der Waals surface area contributed by atoms with Crippen molar-refractivity contribution >= 4 is 0 Å². The van der Waals surface area contributed by atoms with E-state index in [9.17, 15) is 4.39 Å². The molecule has 0 radical (unpaired) electrons. The van der Waals surface area contributed by atoms with Crippen LogP contribution in [0, 0.1) is 17.8 Å². The summed E-state index contributed by atoms with van der Waals surface area (Å²) in [5, 5.41) is 0. The van der Waals surface area contributed by atoms with Gasteiger partial charge in [0, 0.05) is 0 Å². The first-order valence-electron chi connectivity index (χ1n) is 5.51. The molecule has 0 aromatic heterocycles. The van der Waals surface area contributed by atoms with Crippen molar-refractivity contribution in [3.63, 3.8) is 0 Å². The standard InChI is InChI=1S/C12H25F/c1-7-8-12(6,13)11(9(2)3)10(4)5/h9-11H,7-8H2,1-6H3. The second-order valence-corrected chi connectivity index (χ2v) is 5.04. The molecule has 13 heavy (non-hydrogen) atoms. The number of hydrogen-bond donors (Lipinski definition) is 0.